The molecule has 3 rings (SSSR count). The lowest BCUT2D eigenvalue weighted by Crippen LogP contribution is -2.14. The molecule has 0 aromatic carbocycles. The first kappa shape index (κ1) is 16.3. The maximum Gasteiger partial charge on any atom is 0.267 e. The molecule has 0 aliphatic rings. The van der Waals surface area contributed by atoms with Crippen LogP contribution in [0.2, 0.25) is 0 Å². The van der Waals surface area contributed by atoms with Gasteiger partial charge in [-0.2, -0.15) is 0 Å². The van der Waals surface area contributed by atoms with E-state index in [9.17, 15) is 4.79 Å². The number of aromatic nitrogens is 3. The van der Waals surface area contributed by atoms with Crippen LogP contribution in [0.15, 0.2) is 30.5 Å². The Bertz CT molecular complexity index is 880. The maximum atomic E-state index is 12.7. The fourth-order valence-corrected chi connectivity index (χ4v) is 3.53. The molecule has 3 aromatic heterocycles. The first-order chi connectivity index (χ1) is 11.5. The number of aryl methyl sites for hydroxylation is 4. The highest BCUT2D eigenvalue weighted by Crippen LogP contribution is 2.28. The highest BCUT2D eigenvalue weighted by molar-refractivity contribution is 7.17. The average molecular weight is 338 g/mol. The number of thiazole rings is 1. The summed E-state index contributed by atoms with van der Waals surface area (Å²) in [5.74, 6) is -0.163. The quantitative estimate of drug-likeness (QED) is 0.781. The maximum absolute atomic E-state index is 12.7. The summed E-state index contributed by atoms with van der Waals surface area (Å²) in [5, 5.41) is 3.72. The topological polar surface area (TPSA) is 67.8 Å². The van der Waals surface area contributed by atoms with Crippen molar-refractivity contribution in [1.29, 1.82) is 0 Å². The molecular formula is C18H18N4OS. The fraction of sp³-hybridized carbons (Fsp3) is 0.222. The molecule has 3 aromatic rings. The molecule has 0 fully saturated rings. The van der Waals surface area contributed by atoms with Crippen molar-refractivity contribution < 1.29 is 4.79 Å². The second-order valence-electron chi connectivity index (χ2n) is 5.64. The minimum Gasteiger partial charge on any atom is -0.319 e. The van der Waals surface area contributed by atoms with E-state index in [4.69, 9.17) is 0 Å². The van der Waals surface area contributed by atoms with Crippen LogP contribution in [0, 0.1) is 27.7 Å². The molecule has 1 amide bonds. The fourth-order valence-electron chi connectivity index (χ4n) is 2.59. The minimum atomic E-state index is -0.163. The van der Waals surface area contributed by atoms with Crippen molar-refractivity contribution in [2.45, 2.75) is 27.7 Å². The lowest BCUT2D eigenvalue weighted by molar-refractivity contribution is 0.102. The van der Waals surface area contributed by atoms with Gasteiger partial charge in [-0.15, -0.1) is 11.3 Å². The van der Waals surface area contributed by atoms with Crippen molar-refractivity contribution in [2.75, 3.05) is 5.32 Å². The number of hydrogen-bond acceptors (Lipinski definition) is 5. The summed E-state index contributed by atoms with van der Waals surface area (Å²) in [6, 6.07) is 7.61. The lowest BCUT2D eigenvalue weighted by Gasteiger charge is -2.11. The molecule has 0 radical (unpaired) electrons. The number of hydrogen-bond donors (Lipinski definition) is 1. The van der Waals surface area contributed by atoms with Crippen LogP contribution in [0.5, 0.6) is 0 Å². The first-order valence-corrected chi connectivity index (χ1v) is 8.42. The van der Waals surface area contributed by atoms with Gasteiger partial charge in [-0.05, 0) is 51.5 Å². The first-order valence-electron chi connectivity index (χ1n) is 7.60. The standard InChI is InChI=1S/C18H18N4OS/c1-10-9-11(2)20-12(3)15(10)22-17(23)16-13(4)21-18(24-16)14-7-5-6-8-19-14/h5-9H,1-4H3,(H,22,23). The monoisotopic (exact) mass is 338 g/mol. The molecule has 0 unspecified atom stereocenters. The summed E-state index contributed by atoms with van der Waals surface area (Å²) in [6.45, 7) is 7.65. The molecule has 0 bridgehead atoms. The average Bonchev–Trinajstić information content (AvgIpc) is 2.93. The van der Waals surface area contributed by atoms with Gasteiger partial charge < -0.3 is 5.32 Å². The number of anilines is 1. The van der Waals surface area contributed by atoms with Crippen LogP contribution in [-0.2, 0) is 0 Å². The number of pyridine rings is 2. The van der Waals surface area contributed by atoms with Crippen LogP contribution >= 0.6 is 11.3 Å². The Balaban J connectivity index is 1.90. The van der Waals surface area contributed by atoms with E-state index < -0.39 is 0 Å². The number of rotatable bonds is 3. The normalized spacial score (nSPS) is 10.7. The van der Waals surface area contributed by atoms with E-state index in [1.165, 1.54) is 11.3 Å². The molecule has 0 aliphatic carbocycles. The van der Waals surface area contributed by atoms with Gasteiger partial charge in [-0.1, -0.05) is 6.07 Å². The van der Waals surface area contributed by atoms with Crippen molar-refractivity contribution >= 4 is 22.9 Å². The van der Waals surface area contributed by atoms with Crippen molar-refractivity contribution in [2.24, 2.45) is 0 Å². The van der Waals surface area contributed by atoms with E-state index in [0.29, 0.717) is 10.6 Å². The van der Waals surface area contributed by atoms with Crippen molar-refractivity contribution in [3.8, 4) is 10.7 Å². The Morgan fingerprint density at radius 2 is 1.88 bits per heavy atom. The van der Waals surface area contributed by atoms with E-state index >= 15 is 0 Å². The van der Waals surface area contributed by atoms with Gasteiger partial charge in [-0.3, -0.25) is 14.8 Å². The summed E-state index contributed by atoms with van der Waals surface area (Å²) in [5.41, 5.74) is 4.99. The van der Waals surface area contributed by atoms with Gasteiger partial charge in [0.15, 0.2) is 0 Å². The molecule has 5 nitrogen and oxygen atoms in total. The molecular weight excluding hydrogens is 320 g/mol. The zero-order chi connectivity index (χ0) is 17.3. The Morgan fingerprint density at radius 1 is 1.08 bits per heavy atom. The zero-order valence-corrected chi connectivity index (χ0v) is 14.9. The van der Waals surface area contributed by atoms with E-state index in [-0.39, 0.29) is 5.91 Å². The predicted octanol–water partition coefficient (Wildman–Crippen LogP) is 4.09. The smallest absolute Gasteiger partial charge is 0.267 e. The Morgan fingerprint density at radius 3 is 2.54 bits per heavy atom. The number of amides is 1. The van der Waals surface area contributed by atoms with Gasteiger partial charge >= 0.3 is 0 Å². The minimum absolute atomic E-state index is 0.163. The third-order valence-electron chi connectivity index (χ3n) is 3.65. The summed E-state index contributed by atoms with van der Waals surface area (Å²) in [7, 11) is 0. The Hall–Kier alpha value is -2.60. The number of nitrogens with one attached hydrogen (secondary N) is 1. The highest BCUT2D eigenvalue weighted by atomic mass is 32.1. The molecule has 0 aliphatic heterocycles. The van der Waals surface area contributed by atoms with Crippen molar-refractivity contribution in [1.82, 2.24) is 15.0 Å². The molecule has 3 heterocycles. The molecule has 1 N–H and O–H groups in total. The molecule has 0 spiro atoms. The Kier molecular flexibility index (Phi) is 4.40. The molecule has 24 heavy (non-hydrogen) atoms. The second kappa shape index (κ2) is 6.49. The second-order valence-corrected chi connectivity index (χ2v) is 6.64. The number of carbonyl (C=O) groups is 1. The molecule has 6 heteroatoms. The van der Waals surface area contributed by atoms with E-state index in [0.717, 1.165) is 33.3 Å². The summed E-state index contributed by atoms with van der Waals surface area (Å²) in [6.07, 6.45) is 1.72. The molecule has 0 atom stereocenters. The number of carbonyl (C=O) groups excluding carboxylic acids is 1. The van der Waals surface area contributed by atoms with Gasteiger partial charge in [0, 0.05) is 11.9 Å². The number of nitrogens with zero attached hydrogens (tertiary/aromatic N) is 3. The van der Waals surface area contributed by atoms with Crippen LogP contribution < -0.4 is 5.32 Å². The van der Waals surface area contributed by atoms with E-state index in [2.05, 4.69) is 20.3 Å². The highest BCUT2D eigenvalue weighted by Gasteiger charge is 2.18. The zero-order valence-electron chi connectivity index (χ0n) is 14.0. The van der Waals surface area contributed by atoms with E-state index in [1.54, 1.807) is 6.20 Å². The van der Waals surface area contributed by atoms with Gasteiger partial charge in [0.2, 0.25) is 0 Å². The van der Waals surface area contributed by atoms with Gasteiger partial charge in [0.25, 0.3) is 5.91 Å². The van der Waals surface area contributed by atoms with Crippen molar-refractivity contribution in [3.63, 3.8) is 0 Å². The van der Waals surface area contributed by atoms with Gasteiger partial charge in [0.1, 0.15) is 9.88 Å². The predicted molar refractivity (Wildman–Crippen MR) is 96.5 cm³/mol. The van der Waals surface area contributed by atoms with Gasteiger partial charge in [0.05, 0.1) is 22.8 Å². The summed E-state index contributed by atoms with van der Waals surface area (Å²) < 4.78 is 0. The SMILES string of the molecule is Cc1cc(C)c(NC(=O)c2sc(-c3ccccn3)nc2C)c(C)n1. The van der Waals surface area contributed by atoms with Crippen LogP contribution in [0.4, 0.5) is 5.69 Å². The molecule has 122 valence electrons. The van der Waals surface area contributed by atoms with Crippen LogP contribution in [0.25, 0.3) is 10.7 Å². The lowest BCUT2D eigenvalue weighted by atomic mass is 10.1. The van der Waals surface area contributed by atoms with Crippen LogP contribution in [0.1, 0.15) is 32.3 Å². The van der Waals surface area contributed by atoms with Gasteiger partial charge in [-0.25, -0.2) is 4.98 Å². The third-order valence-corrected chi connectivity index (χ3v) is 4.83. The van der Waals surface area contributed by atoms with Crippen molar-refractivity contribution in [3.05, 3.63) is 58.0 Å². The molecule has 0 saturated heterocycles. The van der Waals surface area contributed by atoms with E-state index in [1.807, 2.05) is 52.0 Å². The largest absolute Gasteiger partial charge is 0.319 e. The molecule has 0 saturated carbocycles. The van der Waals surface area contributed by atoms with Crippen LogP contribution in [0.3, 0.4) is 0 Å². The third kappa shape index (κ3) is 3.19. The summed E-state index contributed by atoms with van der Waals surface area (Å²) >= 11 is 1.35. The van der Waals surface area contributed by atoms with Crippen LogP contribution in [-0.4, -0.2) is 20.9 Å². The summed E-state index contributed by atoms with van der Waals surface area (Å²) in [4.78, 5) is 26.5. The Labute approximate surface area is 144 Å².